The van der Waals surface area contributed by atoms with E-state index >= 15 is 0 Å². The number of aromatic nitrogens is 2. The molecule has 2 aromatic carbocycles. The van der Waals surface area contributed by atoms with Gasteiger partial charge in [-0.25, -0.2) is 0 Å². The van der Waals surface area contributed by atoms with Crippen molar-refractivity contribution < 1.29 is 0 Å². The van der Waals surface area contributed by atoms with E-state index in [2.05, 4.69) is 53.3 Å². The molecule has 1 radical (unpaired) electrons. The molecular weight excluding hydrogens is 258 g/mol. The molecule has 0 N–H and O–H groups in total. The zero-order valence-electron chi connectivity index (χ0n) is 12.1. The monoisotopic (exact) mass is 276 g/mol. The molecule has 21 heavy (non-hydrogen) atoms. The van der Waals surface area contributed by atoms with Crippen LogP contribution in [0.2, 0.25) is 0 Å². The molecule has 0 saturated heterocycles. The standard InChI is InChI=1S/C18H18N3/c1-15-8-10-17(11-9-15)21(18-12-13-19-20(18)2)14-16-6-4-3-5-7-16/h3-13H,1,14H2,2H3. The molecule has 0 spiro atoms. The molecule has 0 aliphatic carbocycles. The van der Waals surface area contributed by atoms with Gasteiger partial charge in [-0.2, -0.15) is 5.10 Å². The largest absolute Gasteiger partial charge is 0.322 e. The zero-order valence-corrected chi connectivity index (χ0v) is 12.1. The van der Waals surface area contributed by atoms with Crippen LogP contribution in [0.1, 0.15) is 11.1 Å². The first kappa shape index (κ1) is 13.4. The predicted molar refractivity (Wildman–Crippen MR) is 86.4 cm³/mol. The predicted octanol–water partition coefficient (Wildman–Crippen LogP) is 3.94. The molecule has 105 valence electrons. The molecule has 0 saturated carbocycles. The summed E-state index contributed by atoms with van der Waals surface area (Å²) in [4.78, 5) is 2.25. The van der Waals surface area contributed by atoms with Gasteiger partial charge in [0, 0.05) is 25.3 Å². The number of rotatable bonds is 4. The van der Waals surface area contributed by atoms with Crippen molar-refractivity contribution in [1.82, 2.24) is 9.78 Å². The highest BCUT2D eigenvalue weighted by molar-refractivity contribution is 5.60. The summed E-state index contributed by atoms with van der Waals surface area (Å²) < 4.78 is 1.89. The first-order valence-electron chi connectivity index (χ1n) is 6.95. The van der Waals surface area contributed by atoms with Gasteiger partial charge in [-0.1, -0.05) is 42.5 Å². The Hall–Kier alpha value is -2.55. The average Bonchev–Trinajstić information content (AvgIpc) is 2.93. The Morgan fingerprint density at radius 2 is 1.71 bits per heavy atom. The van der Waals surface area contributed by atoms with Crippen LogP contribution in [0.15, 0.2) is 66.9 Å². The molecule has 0 aliphatic rings. The molecule has 3 aromatic rings. The fourth-order valence-corrected chi connectivity index (χ4v) is 2.38. The fraction of sp³-hybridized carbons (Fsp3) is 0.111. The Balaban J connectivity index is 1.99. The van der Waals surface area contributed by atoms with E-state index in [1.54, 1.807) is 0 Å². The number of benzene rings is 2. The van der Waals surface area contributed by atoms with Crippen molar-refractivity contribution in [2.75, 3.05) is 4.90 Å². The highest BCUT2D eigenvalue weighted by atomic mass is 15.4. The third-order valence-corrected chi connectivity index (χ3v) is 3.50. The van der Waals surface area contributed by atoms with Crippen LogP contribution < -0.4 is 4.90 Å². The molecule has 3 heteroatoms. The van der Waals surface area contributed by atoms with Crippen LogP contribution in [0.4, 0.5) is 11.5 Å². The van der Waals surface area contributed by atoms with Crippen LogP contribution in [0.3, 0.4) is 0 Å². The van der Waals surface area contributed by atoms with Gasteiger partial charge in [-0.05, 0) is 30.2 Å². The second-order valence-corrected chi connectivity index (χ2v) is 5.05. The van der Waals surface area contributed by atoms with E-state index in [4.69, 9.17) is 0 Å². The quantitative estimate of drug-likeness (QED) is 0.719. The minimum atomic E-state index is 0.802. The fourth-order valence-electron chi connectivity index (χ4n) is 2.38. The molecule has 3 rings (SSSR count). The van der Waals surface area contributed by atoms with Crippen molar-refractivity contribution in [3.63, 3.8) is 0 Å². The summed E-state index contributed by atoms with van der Waals surface area (Å²) in [5.41, 5.74) is 3.41. The number of nitrogens with zero attached hydrogens (tertiary/aromatic N) is 3. The van der Waals surface area contributed by atoms with E-state index in [0.29, 0.717) is 0 Å². The maximum Gasteiger partial charge on any atom is 0.131 e. The van der Waals surface area contributed by atoms with Gasteiger partial charge in [0.25, 0.3) is 0 Å². The highest BCUT2D eigenvalue weighted by Crippen LogP contribution is 2.27. The van der Waals surface area contributed by atoms with Gasteiger partial charge in [0.2, 0.25) is 0 Å². The minimum absolute atomic E-state index is 0.802. The molecule has 1 heterocycles. The summed E-state index contributed by atoms with van der Waals surface area (Å²) >= 11 is 0. The molecule has 1 aromatic heterocycles. The first-order valence-corrected chi connectivity index (χ1v) is 6.95. The second-order valence-electron chi connectivity index (χ2n) is 5.05. The van der Waals surface area contributed by atoms with Crippen molar-refractivity contribution in [1.29, 1.82) is 0 Å². The van der Waals surface area contributed by atoms with Gasteiger partial charge in [0.05, 0.1) is 6.20 Å². The molecule has 0 aliphatic heterocycles. The number of aryl methyl sites for hydroxylation is 1. The van der Waals surface area contributed by atoms with Crippen molar-refractivity contribution in [2.45, 2.75) is 6.54 Å². The first-order chi connectivity index (χ1) is 10.2. The normalized spacial score (nSPS) is 10.6. The van der Waals surface area contributed by atoms with Crippen molar-refractivity contribution in [3.8, 4) is 0 Å². The van der Waals surface area contributed by atoms with Crippen molar-refractivity contribution in [2.24, 2.45) is 7.05 Å². The van der Waals surface area contributed by atoms with Gasteiger partial charge in [0.15, 0.2) is 0 Å². The zero-order chi connectivity index (χ0) is 14.7. The lowest BCUT2D eigenvalue weighted by Gasteiger charge is -2.25. The lowest BCUT2D eigenvalue weighted by molar-refractivity contribution is 0.745. The van der Waals surface area contributed by atoms with E-state index in [-0.39, 0.29) is 0 Å². The van der Waals surface area contributed by atoms with Gasteiger partial charge in [-0.3, -0.25) is 4.68 Å². The van der Waals surface area contributed by atoms with Crippen LogP contribution in [-0.4, -0.2) is 9.78 Å². The number of hydrogen-bond donors (Lipinski definition) is 0. The molecule has 3 nitrogen and oxygen atoms in total. The van der Waals surface area contributed by atoms with Gasteiger partial charge in [-0.15, -0.1) is 0 Å². The average molecular weight is 276 g/mol. The minimum Gasteiger partial charge on any atom is -0.322 e. The Morgan fingerprint density at radius 3 is 2.33 bits per heavy atom. The van der Waals surface area contributed by atoms with E-state index in [1.807, 2.05) is 42.2 Å². The van der Waals surface area contributed by atoms with Crippen molar-refractivity contribution in [3.05, 3.63) is 84.9 Å². The lowest BCUT2D eigenvalue weighted by atomic mass is 10.1. The van der Waals surface area contributed by atoms with Gasteiger partial charge >= 0.3 is 0 Å². The Morgan fingerprint density at radius 1 is 1.00 bits per heavy atom. The molecule has 0 atom stereocenters. The van der Waals surface area contributed by atoms with E-state index in [1.165, 1.54) is 5.56 Å². The van der Waals surface area contributed by atoms with Crippen molar-refractivity contribution >= 4 is 11.5 Å². The molecule has 0 unspecified atom stereocenters. The number of hydrogen-bond acceptors (Lipinski definition) is 2. The number of anilines is 2. The highest BCUT2D eigenvalue weighted by Gasteiger charge is 2.13. The molecule has 0 bridgehead atoms. The van der Waals surface area contributed by atoms with E-state index < -0.39 is 0 Å². The van der Waals surface area contributed by atoms with Crippen LogP contribution in [0, 0.1) is 6.92 Å². The second kappa shape index (κ2) is 5.83. The summed E-state index contributed by atoms with van der Waals surface area (Å²) in [5.74, 6) is 1.07. The summed E-state index contributed by atoms with van der Waals surface area (Å²) in [6, 6.07) is 20.7. The third-order valence-electron chi connectivity index (χ3n) is 3.50. The SMILES string of the molecule is [CH2]c1ccc(N(Cc2ccccc2)c2ccnn2C)cc1. The van der Waals surface area contributed by atoms with Crippen LogP contribution in [0.25, 0.3) is 0 Å². The van der Waals surface area contributed by atoms with Gasteiger partial charge in [0.1, 0.15) is 5.82 Å². The maximum atomic E-state index is 4.28. The maximum absolute atomic E-state index is 4.28. The van der Waals surface area contributed by atoms with Crippen LogP contribution in [0.5, 0.6) is 0 Å². The van der Waals surface area contributed by atoms with Crippen LogP contribution >= 0.6 is 0 Å². The van der Waals surface area contributed by atoms with E-state index in [0.717, 1.165) is 23.6 Å². The smallest absolute Gasteiger partial charge is 0.131 e. The summed E-state index contributed by atoms with van der Waals surface area (Å²) in [6.45, 7) is 4.75. The third kappa shape index (κ3) is 2.97. The molecule has 0 fully saturated rings. The Kier molecular flexibility index (Phi) is 3.73. The summed E-state index contributed by atoms with van der Waals surface area (Å²) in [7, 11) is 1.96. The van der Waals surface area contributed by atoms with Crippen LogP contribution in [-0.2, 0) is 13.6 Å². The van der Waals surface area contributed by atoms with Gasteiger partial charge < -0.3 is 4.90 Å². The summed E-state index contributed by atoms with van der Waals surface area (Å²) in [6.07, 6.45) is 1.82. The van der Waals surface area contributed by atoms with E-state index in [9.17, 15) is 0 Å². The summed E-state index contributed by atoms with van der Waals surface area (Å²) in [5, 5.41) is 4.28. The lowest BCUT2D eigenvalue weighted by Crippen LogP contribution is -2.19. The Bertz CT molecular complexity index is 699. The topological polar surface area (TPSA) is 21.1 Å². The Labute approximate surface area is 125 Å². The molecule has 0 amide bonds. The molecular formula is C18H18N3.